The van der Waals surface area contributed by atoms with E-state index in [2.05, 4.69) is 27.3 Å². The molecule has 3 rings (SSSR count). The number of aromatic amines is 1. The average molecular weight is 273 g/mol. The summed E-state index contributed by atoms with van der Waals surface area (Å²) in [6, 6.07) is 10.2. The van der Waals surface area contributed by atoms with Crippen molar-refractivity contribution >= 4 is 11.8 Å². The molecule has 1 saturated carbocycles. The van der Waals surface area contributed by atoms with E-state index in [9.17, 15) is 0 Å². The van der Waals surface area contributed by atoms with E-state index in [4.69, 9.17) is 0 Å². The minimum atomic E-state index is 0.859. The van der Waals surface area contributed by atoms with Crippen LogP contribution < -0.4 is 0 Å². The first-order chi connectivity index (χ1) is 9.42. The molecule has 19 heavy (non-hydrogen) atoms. The third-order valence-electron chi connectivity index (χ3n) is 3.68. The molecular formula is C15H19N3S. The van der Waals surface area contributed by atoms with Gasteiger partial charge in [0, 0.05) is 11.3 Å². The van der Waals surface area contributed by atoms with Gasteiger partial charge in [-0.2, -0.15) is 0 Å². The highest BCUT2D eigenvalue weighted by molar-refractivity contribution is 7.99. The van der Waals surface area contributed by atoms with Crippen LogP contribution >= 0.6 is 11.8 Å². The van der Waals surface area contributed by atoms with Crippen LogP contribution in [0.3, 0.4) is 0 Å². The number of nitrogens with one attached hydrogen (secondary N) is 1. The van der Waals surface area contributed by atoms with Crippen molar-refractivity contribution in [3.63, 3.8) is 0 Å². The molecule has 1 N–H and O–H groups in total. The van der Waals surface area contributed by atoms with Crippen LogP contribution in [0.2, 0.25) is 0 Å². The molecule has 2 aromatic rings. The lowest BCUT2D eigenvalue weighted by Gasteiger charge is -2.20. The Labute approximate surface area is 118 Å². The molecule has 100 valence electrons. The highest BCUT2D eigenvalue weighted by atomic mass is 32.2. The summed E-state index contributed by atoms with van der Waals surface area (Å²) in [5.41, 5.74) is 1.10. The largest absolute Gasteiger partial charge is 0.258 e. The number of thioether (sulfide) groups is 1. The molecule has 0 bridgehead atoms. The van der Waals surface area contributed by atoms with Gasteiger partial charge in [-0.25, -0.2) is 4.98 Å². The van der Waals surface area contributed by atoms with Gasteiger partial charge in [0.25, 0.3) is 0 Å². The second kappa shape index (κ2) is 6.24. The molecule has 0 radical (unpaired) electrons. The van der Waals surface area contributed by atoms with Gasteiger partial charge in [0.2, 0.25) is 5.16 Å². The Hall–Kier alpha value is -1.29. The number of H-pyrrole nitrogens is 1. The normalized spacial score (nSPS) is 16.6. The number of aromatic nitrogens is 3. The molecule has 0 saturated heterocycles. The van der Waals surface area contributed by atoms with E-state index in [1.807, 2.05) is 18.2 Å². The maximum Gasteiger partial charge on any atom is 0.208 e. The van der Waals surface area contributed by atoms with E-state index < -0.39 is 0 Å². The lowest BCUT2D eigenvalue weighted by Crippen LogP contribution is -2.08. The van der Waals surface area contributed by atoms with Crippen molar-refractivity contribution in [1.82, 2.24) is 15.2 Å². The molecule has 3 nitrogen and oxygen atoms in total. The standard InChI is InChI=1S/C15H19N3S/c1-3-7-12(8-4-1)11-19-15-16-14(17-18-15)13-9-5-2-6-10-13/h2,5-6,9-10,12H,1,3-4,7-8,11H2,(H,16,17,18). The van der Waals surface area contributed by atoms with Gasteiger partial charge in [-0.3, -0.25) is 5.10 Å². The smallest absolute Gasteiger partial charge is 0.208 e. The van der Waals surface area contributed by atoms with Gasteiger partial charge in [0.05, 0.1) is 0 Å². The van der Waals surface area contributed by atoms with Gasteiger partial charge in [-0.05, 0) is 18.8 Å². The Bertz CT molecular complexity index is 503. The molecule has 0 spiro atoms. The molecule has 1 heterocycles. The zero-order chi connectivity index (χ0) is 12.9. The quantitative estimate of drug-likeness (QED) is 0.851. The van der Waals surface area contributed by atoms with Crippen molar-refractivity contribution in [3.8, 4) is 11.4 Å². The fraction of sp³-hybridized carbons (Fsp3) is 0.467. The van der Waals surface area contributed by atoms with Crippen LogP contribution in [0.1, 0.15) is 32.1 Å². The van der Waals surface area contributed by atoms with Crippen molar-refractivity contribution in [2.24, 2.45) is 5.92 Å². The topological polar surface area (TPSA) is 41.6 Å². The first kappa shape index (κ1) is 12.7. The second-order valence-electron chi connectivity index (χ2n) is 5.15. The van der Waals surface area contributed by atoms with Crippen molar-refractivity contribution < 1.29 is 0 Å². The first-order valence-corrected chi connectivity index (χ1v) is 8.01. The second-order valence-corrected chi connectivity index (χ2v) is 6.13. The molecule has 0 atom stereocenters. The number of benzene rings is 1. The highest BCUT2D eigenvalue weighted by Crippen LogP contribution is 2.29. The maximum atomic E-state index is 4.56. The van der Waals surface area contributed by atoms with E-state index in [1.165, 1.54) is 32.1 Å². The summed E-state index contributed by atoms with van der Waals surface area (Å²) in [6.07, 6.45) is 6.97. The minimum Gasteiger partial charge on any atom is -0.258 e. The van der Waals surface area contributed by atoms with Crippen LogP contribution in [-0.4, -0.2) is 20.9 Å². The van der Waals surface area contributed by atoms with Crippen molar-refractivity contribution in [2.45, 2.75) is 37.3 Å². The Kier molecular flexibility index (Phi) is 4.18. The Morgan fingerprint density at radius 1 is 1.11 bits per heavy atom. The first-order valence-electron chi connectivity index (χ1n) is 7.02. The van der Waals surface area contributed by atoms with Crippen LogP contribution in [0.15, 0.2) is 35.5 Å². The molecule has 1 aromatic heterocycles. The molecule has 1 fully saturated rings. The van der Waals surface area contributed by atoms with Crippen LogP contribution in [0.25, 0.3) is 11.4 Å². The summed E-state index contributed by atoms with van der Waals surface area (Å²) in [6.45, 7) is 0. The molecule has 0 amide bonds. The number of nitrogens with zero attached hydrogens (tertiary/aromatic N) is 2. The van der Waals surface area contributed by atoms with Gasteiger partial charge in [-0.1, -0.05) is 61.4 Å². The summed E-state index contributed by atoms with van der Waals surface area (Å²) in [7, 11) is 0. The van der Waals surface area contributed by atoms with Gasteiger partial charge in [0.1, 0.15) is 0 Å². The third kappa shape index (κ3) is 3.38. The van der Waals surface area contributed by atoms with E-state index in [-0.39, 0.29) is 0 Å². The summed E-state index contributed by atoms with van der Waals surface area (Å²) in [5, 5.41) is 8.21. The van der Waals surface area contributed by atoms with E-state index in [0.717, 1.165) is 28.2 Å². The highest BCUT2D eigenvalue weighted by Gasteiger charge is 2.15. The van der Waals surface area contributed by atoms with Crippen LogP contribution in [-0.2, 0) is 0 Å². The molecule has 0 aliphatic heterocycles. The zero-order valence-electron chi connectivity index (χ0n) is 11.0. The summed E-state index contributed by atoms with van der Waals surface area (Å²) < 4.78 is 0. The van der Waals surface area contributed by atoms with Crippen LogP contribution in [0, 0.1) is 5.92 Å². The van der Waals surface area contributed by atoms with Gasteiger partial charge >= 0.3 is 0 Å². The zero-order valence-corrected chi connectivity index (χ0v) is 11.8. The monoisotopic (exact) mass is 273 g/mol. The molecule has 1 aliphatic rings. The molecule has 1 aliphatic carbocycles. The predicted molar refractivity (Wildman–Crippen MR) is 79.1 cm³/mol. The van der Waals surface area contributed by atoms with Crippen LogP contribution in [0.4, 0.5) is 0 Å². The maximum absolute atomic E-state index is 4.56. The van der Waals surface area contributed by atoms with Crippen molar-refractivity contribution in [3.05, 3.63) is 30.3 Å². The fourth-order valence-corrected chi connectivity index (χ4v) is 3.57. The Balaban J connectivity index is 1.59. The van der Waals surface area contributed by atoms with E-state index >= 15 is 0 Å². The predicted octanol–water partition coefficient (Wildman–Crippen LogP) is 4.14. The molecular weight excluding hydrogens is 254 g/mol. The molecule has 1 aromatic carbocycles. The SMILES string of the molecule is c1ccc(-c2nc(SCC3CCCCC3)n[nH]2)cc1. The summed E-state index contributed by atoms with van der Waals surface area (Å²) >= 11 is 1.79. The summed E-state index contributed by atoms with van der Waals surface area (Å²) in [4.78, 5) is 4.56. The number of rotatable bonds is 4. The summed E-state index contributed by atoms with van der Waals surface area (Å²) in [5.74, 6) is 2.88. The van der Waals surface area contributed by atoms with Crippen molar-refractivity contribution in [1.29, 1.82) is 0 Å². The lowest BCUT2D eigenvalue weighted by molar-refractivity contribution is 0.391. The lowest BCUT2D eigenvalue weighted by atomic mass is 9.91. The minimum absolute atomic E-state index is 0.859. The number of hydrogen-bond acceptors (Lipinski definition) is 3. The number of hydrogen-bond donors (Lipinski definition) is 1. The van der Waals surface area contributed by atoms with Gasteiger partial charge in [0.15, 0.2) is 5.82 Å². The Morgan fingerprint density at radius 2 is 1.89 bits per heavy atom. The van der Waals surface area contributed by atoms with E-state index in [0.29, 0.717) is 0 Å². The fourth-order valence-electron chi connectivity index (χ4n) is 2.58. The van der Waals surface area contributed by atoms with Crippen molar-refractivity contribution in [2.75, 3.05) is 5.75 Å². The van der Waals surface area contributed by atoms with Gasteiger partial charge in [-0.15, -0.1) is 5.10 Å². The Morgan fingerprint density at radius 3 is 2.68 bits per heavy atom. The molecule has 4 heteroatoms. The molecule has 0 unspecified atom stereocenters. The van der Waals surface area contributed by atoms with E-state index in [1.54, 1.807) is 11.8 Å². The average Bonchev–Trinajstić information content (AvgIpc) is 2.96. The third-order valence-corrected chi connectivity index (χ3v) is 4.76. The van der Waals surface area contributed by atoms with Gasteiger partial charge < -0.3 is 0 Å². The van der Waals surface area contributed by atoms with Crippen LogP contribution in [0.5, 0.6) is 0 Å².